The number of benzene rings is 2. The van der Waals surface area contributed by atoms with Gasteiger partial charge in [0.2, 0.25) is 4.46 Å². The van der Waals surface area contributed by atoms with Crippen molar-refractivity contribution in [2.24, 2.45) is 0 Å². The number of nitrogens with zero attached hydrogens (tertiary/aromatic N) is 1. The highest BCUT2D eigenvalue weighted by Crippen LogP contribution is 2.69. The molecule has 2 aromatic rings. The lowest BCUT2D eigenvalue weighted by Gasteiger charge is -2.20. The molecule has 2 aromatic carbocycles. The van der Waals surface area contributed by atoms with Gasteiger partial charge in [0.25, 0.3) is 0 Å². The van der Waals surface area contributed by atoms with Crippen molar-refractivity contribution in [1.82, 2.24) is 0 Å². The maximum Gasteiger partial charge on any atom is 0.219 e. The number of nitrogens with one attached hydrogen (secondary N) is 1. The van der Waals surface area contributed by atoms with Gasteiger partial charge in [-0.2, -0.15) is 0 Å². The summed E-state index contributed by atoms with van der Waals surface area (Å²) < 4.78 is -0.902. The Balaban J connectivity index is 1.93. The second kappa shape index (κ2) is 4.31. The Morgan fingerprint density at radius 1 is 1.05 bits per heavy atom. The Morgan fingerprint density at radius 2 is 1.71 bits per heavy atom. The van der Waals surface area contributed by atoms with E-state index in [4.69, 9.17) is 23.2 Å². The van der Waals surface area contributed by atoms with Crippen molar-refractivity contribution in [1.29, 1.82) is 0 Å². The number of fused-ring (bicyclic) bond motifs is 3. The topological polar surface area (TPSA) is 15.0 Å². The van der Waals surface area contributed by atoms with Crippen molar-refractivity contribution >= 4 is 34.6 Å². The maximum absolute atomic E-state index is 6.73. The summed E-state index contributed by atoms with van der Waals surface area (Å²) in [7, 11) is 0. The third-order valence-corrected chi connectivity index (χ3v) is 5.47. The Morgan fingerprint density at radius 3 is 2.48 bits per heavy atom. The molecule has 108 valence electrons. The number of para-hydroxylation sites is 2. The SMILES string of the molecule is C[C@H]1C[C@]2(c3ccccc3)N(c3ccccc3N1)C2(Cl)Cl. The van der Waals surface area contributed by atoms with E-state index in [9.17, 15) is 0 Å². The normalized spacial score (nSPS) is 28.9. The van der Waals surface area contributed by atoms with Crippen molar-refractivity contribution in [3.63, 3.8) is 0 Å². The zero-order chi connectivity index (χ0) is 14.7. The molecule has 2 aliphatic heterocycles. The van der Waals surface area contributed by atoms with Crippen LogP contribution in [0.15, 0.2) is 54.6 Å². The van der Waals surface area contributed by atoms with Gasteiger partial charge in [-0.25, -0.2) is 0 Å². The molecule has 1 N–H and O–H groups in total. The van der Waals surface area contributed by atoms with Crippen LogP contribution in [0.4, 0.5) is 11.4 Å². The molecule has 21 heavy (non-hydrogen) atoms. The standard InChI is InChI=1S/C17H16Cl2N2/c1-12-11-16(13-7-3-2-4-8-13)17(18,19)21(16)15-10-6-5-9-14(15)20-12/h2-10,12,20H,11H2,1H3/t12-,16+,21?/m0/s1. The van der Waals surface area contributed by atoms with Crippen LogP contribution in [0.1, 0.15) is 18.9 Å². The van der Waals surface area contributed by atoms with Gasteiger partial charge in [-0.1, -0.05) is 65.7 Å². The molecule has 2 heterocycles. The summed E-state index contributed by atoms with van der Waals surface area (Å²) in [5.41, 5.74) is 2.96. The Hall–Kier alpha value is -1.38. The second-order valence-corrected chi connectivity index (χ2v) is 7.16. The monoisotopic (exact) mass is 318 g/mol. The van der Waals surface area contributed by atoms with E-state index in [1.807, 2.05) is 30.3 Å². The van der Waals surface area contributed by atoms with E-state index in [0.29, 0.717) is 0 Å². The van der Waals surface area contributed by atoms with Crippen molar-refractivity contribution in [3.8, 4) is 0 Å². The summed E-state index contributed by atoms with van der Waals surface area (Å²) in [4.78, 5) is 2.13. The molecule has 2 atom stereocenters. The lowest BCUT2D eigenvalue weighted by atomic mass is 9.92. The highest BCUT2D eigenvalue weighted by atomic mass is 35.5. The molecular formula is C17H16Cl2N2. The highest BCUT2D eigenvalue weighted by molar-refractivity contribution is 6.54. The lowest BCUT2D eigenvalue weighted by Crippen LogP contribution is -2.26. The van der Waals surface area contributed by atoms with Crippen molar-refractivity contribution in [2.75, 3.05) is 10.2 Å². The van der Waals surface area contributed by atoms with Crippen LogP contribution < -0.4 is 10.2 Å². The third-order valence-electron chi connectivity index (χ3n) is 4.51. The molecule has 2 nitrogen and oxygen atoms in total. The van der Waals surface area contributed by atoms with E-state index in [0.717, 1.165) is 17.8 Å². The third kappa shape index (κ3) is 1.66. The molecule has 1 fully saturated rings. The van der Waals surface area contributed by atoms with E-state index < -0.39 is 4.46 Å². The van der Waals surface area contributed by atoms with Crippen LogP contribution in [0.3, 0.4) is 0 Å². The van der Waals surface area contributed by atoms with Crippen LogP contribution in [0.5, 0.6) is 0 Å². The van der Waals surface area contributed by atoms with Crippen LogP contribution >= 0.6 is 23.2 Å². The summed E-state index contributed by atoms with van der Waals surface area (Å²) in [5.74, 6) is 0. The predicted octanol–water partition coefficient (Wildman–Crippen LogP) is 4.74. The van der Waals surface area contributed by atoms with Gasteiger partial charge in [0, 0.05) is 6.04 Å². The number of hydrogen-bond acceptors (Lipinski definition) is 2. The molecule has 0 amide bonds. The first kappa shape index (κ1) is 13.3. The number of alkyl halides is 2. The molecule has 0 unspecified atom stereocenters. The van der Waals surface area contributed by atoms with Crippen LogP contribution in [-0.2, 0) is 5.54 Å². The number of hydrogen-bond donors (Lipinski definition) is 1. The molecule has 0 bridgehead atoms. The van der Waals surface area contributed by atoms with E-state index in [2.05, 4.69) is 41.4 Å². The van der Waals surface area contributed by atoms with E-state index in [1.54, 1.807) is 0 Å². The molecule has 1 saturated heterocycles. The minimum absolute atomic E-state index is 0.288. The average molecular weight is 319 g/mol. The van der Waals surface area contributed by atoms with Gasteiger partial charge in [-0.15, -0.1) is 0 Å². The van der Waals surface area contributed by atoms with Gasteiger partial charge < -0.3 is 10.2 Å². The maximum atomic E-state index is 6.73. The van der Waals surface area contributed by atoms with Gasteiger partial charge in [-0.3, -0.25) is 0 Å². The van der Waals surface area contributed by atoms with Crippen LogP contribution in [0, 0.1) is 0 Å². The van der Waals surface area contributed by atoms with Gasteiger partial charge in [0.15, 0.2) is 0 Å². The van der Waals surface area contributed by atoms with E-state index >= 15 is 0 Å². The molecule has 0 spiro atoms. The quantitative estimate of drug-likeness (QED) is 0.464. The average Bonchev–Trinajstić information content (AvgIpc) is 3.01. The van der Waals surface area contributed by atoms with Gasteiger partial charge in [0.05, 0.1) is 11.4 Å². The van der Waals surface area contributed by atoms with Crippen LogP contribution in [0.25, 0.3) is 0 Å². The highest BCUT2D eigenvalue weighted by Gasteiger charge is 2.76. The fourth-order valence-corrected chi connectivity index (χ4v) is 4.53. The second-order valence-electron chi connectivity index (χ2n) is 5.87. The summed E-state index contributed by atoms with van der Waals surface area (Å²) in [6.07, 6.45) is 0.860. The minimum atomic E-state index is -0.902. The summed E-state index contributed by atoms with van der Waals surface area (Å²) in [6.45, 7) is 2.17. The number of anilines is 2. The molecular weight excluding hydrogens is 303 g/mol. The molecule has 4 rings (SSSR count). The first-order chi connectivity index (χ1) is 10.1. The van der Waals surface area contributed by atoms with Crippen molar-refractivity contribution < 1.29 is 0 Å². The molecule has 0 aliphatic carbocycles. The molecule has 0 aromatic heterocycles. The minimum Gasteiger partial charge on any atom is -0.381 e. The Labute approximate surface area is 134 Å². The summed E-state index contributed by atoms with van der Waals surface area (Å²) in [5, 5.41) is 3.56. The fourth-order valence-electron chi connectivity index (χ4n) is 3.60. The van der Waals surface area contributed by atoms with E-state index in [1.165, 1.54) is 5.56 Å². The zero-order valence-electron chi connectivity index (χ0n) is 11.7. The smallest absolute Gasteiger partial charge is 0.219 e. The first-order valence-corrected chi connectivity index (χ1v) is 7.92. The fraction of sp³-hybridized carbons (Fsp3) is 0.294. The Kier molecular flexibility index (Phi) is 2.73. The summed E-state index contributed by atoms with van der Waals surface area (Å²) in [6, 6.07) is 18.8. The molecule has 4 heteroatoms. The number of halogens is 2. The Bertz CT molecular complexity index is 686. The van der Waals surface area contributed by atoms with E-state index in [-0.39, 0.29) is 11.6 Å². The molecule has 0 radical (unpaired) electrons. The molecule has 0 saturated carbocycles. The lowest BCUT2D eigenvalue weighted by molar-refractivity contribution is 0.564. The van der Waals surface area contributed by atoms with Gasteiger partial charge in [-0.05, 0) is 31.0 Å². The largest absolute Gasteiger partial charge is 0.381 e. The van der Waals surface area contributed by atoms with Gasteiger partial charge >= 0.3 is 0 Å². The first-order valence-electron chi connectivity index (χ1n) is 7.16. The zero-order valence-corrected chi connectivity index (χ0v) is 13.2. The number of rotatable bonds is 1. The van der Waals surface area contributed by atoms with Crippen LogP contribution in [-0.4, -0.2) is 10.5 Å². The summed E-state index contributed by atoms with van der Waals surface area (Å²) >= 11 is 13.5. The molecule has 2 aliphatic rings. The van der Waals surface area contributed by atoms with Crippen LogP contribution in [0.2, 0.25) is 0 Å². The van der Waals surface area contributed by atoms with Gasteiger partial charge in [0.1, 0.15) is 5.54 Å². The predicted molar refractivity (Wildman–Crippen MR) is 89.2 cm³/mol. The van der Waals surface area contributed by atoms with Crippen molar-refractivity contribution in [3.05, 3.63) is 60.2 Å². The van der Waals surface area contributed by atoms with Crippen molar-refractivity contribution in [2.45, 2.75) is 29.4 Å².